The van der Waals surface area contributed by atoms with Gasteiger partial charge in [0.05, 0.1) is 6.61 Å². The van der Waals surface area contributed by atoms with Gasteiger partial charge < -0.3 is 10.1 Å². The van der Waals surface area contributed by atoms with Crippen LogP contribution in [-0.2, 0) is 11.2 Å². The van der Waals surface area contributed by atoms with Crippen molar-refractivity contribution in [1.82, 2.24) is 0 Å². The van der Waals surface area contributed by atoms with E-state index in [2.05, 4.69) is 21.2 Å². The van der Waals surface area contributed by atoms with E-state index < -0.39 is 5.91 Å². The largest absolute Gasteiger partial charge is 0.494 e. The third-order valence-electron chi connectivity index (χ3n) is 4.53. The monoisotopic (exact) mass is 494 g/mol. The SMILES string of the molecule is CCOc1ccc(NC(=O)/C(C#N)=C/c2cc(Cl)ccc2Cc2ccccc2Br)cc1. The van der Waals surface area contributed by atoms with E-state index in [1.807, 2.05) is 43.3 Å². The Labute approximate surface area is 195 Å². The quantitative estimate of drug-likeness (QED) is 0.295. The Morgan fingerprint density at radius 2 is 1.87 bits per heavy atom. The molecule has 0 aliphatic rings. The zero-order valence-electron chi connectivity index (χ0n) is 16.9. The Bertz CT molecular complexity index is 1150. The van der Waals surface area contributed by atoms with Gasteiger partial charge >= 0.3 is 0 Å². The van der Waals surface area contributed by atoms with Crippen LogP contribution >= 0.6 is 27.5 Å². The highest BCUT2D eigenvalue weighted by Crippen LogP contribution is 2.25. The molecule has 0 atom stereocenters. The Balaban J connectivity index is 1.86. The first-order valence-corrected chi connectivity index (χ1v) is 10.8. The number of nitrogens with zero attached hydrogens (tertiary/aromatic N) is 1. The minimum atomic E-state index is -0.488. The van der Waals surface area contributed by atoms with E-state index in [0.29, 0.717) is 29.5 Å². The van der Waals surface area contributed by atoms with Crippen molar-refractivity contribution in [3.8, 4) is 11.8 Å². The third-order valence-corrected chi connectivity index (χ3v) is 5.54. The molecule has 0 fully saturated rings. The Morgan fingerprint density at radius 1 is 1.13 bits per heavy atom. The minimum absolute atomic E-state index is 0.00970. The highest BCUT2D eigenvalue weighted by molar-refractivity contribution is 9.10. The number of carbonyl (C=O) groups excluding carboxylic acids is 1. The second kappa shape index (κ2) is 10.8. The van der Waals surface area contributed by atoms with Crippen LogP contribution in [0.2, 0.25) is 5.02 Å². The second-order valence-electron chi connectivity index (χ2n) is 6.69. The molecule has 3 aromatic rings. The number of nitrogens with one attached hydrogen (secondary N) is 1. The van der Waals surface area contributed by atoms with Crippen LogP contribution in [0.4, 0.5) is 5.69 Å². The second-order valence-corrected chi connectivity index (χ2v) is 7.98. The van der Waals surface area contributed by atoms with E-state index in [1.165, 1.54) is 0 Å². The lowest BCUT2D eigenvalue weighted by molar-refractivity contribution is -0.112. The molecule has 0 aliphatic heterocycles. The summed E-state index contributed by atoms with van der Waals surface area (Å²) in [5.74, 6) is 0.227. The number of rotatable bonds is 7. The number of nitriles is 1. The van der Waals surface area contributed by atoms with Crippen molar-refractivity contribution in [2.75, 3.05) is 11.9 Å². The maximum atomic E-state index is 12.7. The molecular weight excluding hydrogens is 476 g/mol. The molecule has 0 saturated heterocycles. The van der Waals surface area contributed by atoms with Crippen molar-refractivity contribution in [3.05, 3.63) is 98.5 Å². The summed E-state index contributed by atoms with van der Waals surface area (Å²) in [5.41, 5.74) is 3.34. The summed E-state index contributed by atoms with van der Waals surface area (Å²) in [6.07, 6.45) is 2.20. The minimum Gasteiger partial charge on any atom is -0.494 e. The van der Waals surface area contributed by atoms with Crippen molar-refractivity contribution in [2.24, 2.45) is 0 Å². The van der Waals surface area contributed by atoms with E-state index in [0.717, 1.165) is 21.2 Å². The van der Waals surface area contributed by atoms with Gasteiger partial charge in [-0.25, -0.2) is 0 Å². The smallest absolute Gasteiger partial charge is 0.266 e. The first-order chi connectivity index (χ1) is 15.0. The van der Waals surface area contributed by atoms with Crippen molar-refractivity contribution < 1.29 is 9.53 Å². The molecule has 31 heavy (non-hydrogen) atoms. The predicted molar refractivity (Wildman–Crippen MR) is 128 cm³/mol. The molecule has 0 heterocycles. The van der Waals surface area contributed by atoms with Crippen LogP contribution in [0.1, 0.15) is 23.6 Å². The van der Waals surface area contributed by atoms with Crippen LogP contribution in [-0.4, -0.2) is 12.5 Å². The number of anilines is 1. The van der Waals surface area contributed by atoms with Gasteiger partial charge in [0.15, 0.2) is 0 Å². The summed E-state index contributed by atoms with van der Waals surface area (Å²) in [4.78, 5) is 12.7. The van der Waals surface area contributed by atoms with Crippen molar-refractivity contribution in [3.63, 3.8) is 0 Å². The van der Waals surface area contributed by atoms with Gasteiger partial charge in [-0.3, -0.25) is 4.79 Å². The zero-order valence-corrected chi connectivity index (χ0v) is 19.2. The van der Waals surface area contributed by atoms with Crippen LogP contribution in [0.25, 0.3) is 6.08 Å². The molecule has 0 radical (unpaired) electrons. The molecule has 0 spiro atoms. The summed E-state index contributed by atoms with van der Waals surface area (Å²) >= 11 is 9.76. The molecule has 1 amide bonds. The standard InChI is InChI=1S/C25H20BrClN2O2/c1-2-31-23-11-9-22(10-12-23)29-25(30)20(16-28)14-19-15-21(27)8-7-17(19)13-18-5-3-4-6-24(18)26/h3-12,14-15H,2,13H2,1H3,(H,29,30)/b20-14+. The molecule has 3 aromatic carbocycles. The number of hydrogen-bond acceptors (Lipinski definition) is 3. The highest BCUT2D eigenvalue weighted by Gasteiger charge is 2.12. The topological polar surface area (TPSA) is 62.1 Å². The molecule has 4 nitrogen and oxygen atoms in total. The van der Waals surface area contributed by atoms with Crippen LogP contribution in [0.5, 0.6) is 5.75 Å². The normalized spacial score (nSPS) is 11.0. The lowest BCUT2D eigenvalue weighted by Crippen LogP contribution is -2.13. The molecule has 3 rings (SSSR count). The zero-order chi connectivity index (χ0) is 22.2. The number of halogens is 2. The van der Waals surface area contributed by atoms with Crippen molar-refractivity contribution in [1.29, 1.82) is 5.26 Å². The predicted octanol–water partition coefficient (Wildman–Crippen LogP) is 6.64. The van der Waals surface area contributed by atoms with Crippen molar-refractivity contribution >= 4 is 45.2 Å². The summed E-state index contributed by atoms with van der Waals surface area (Å²) < 4.78 is 6.40. The molecule has 0 unspecified atom stereocenters. The fourth-order valence-electron chi connectivity index (χ4n) is 3.01. The average molecular weight is 496 g/mol. The first kappa shape index (κ1) is 22.6. The number of carbonyl (C=O) groups is 1. The van der Waals surface area contributed by atoms with E-state index in [9.17, 15) is 10.1 Å². The fourth-order valence-corrected chi connectivity index (χ4v) is 3.62. The molecule has 0 aromatic heterocycles. The van der Waals surface area contributed by atoms with Gasteiger partial charge in [0.2, 0.25) is 0 Å². The van der Waals surface area contributed by atoms with Gasteiger partial charge in [-0.1, -0.05) is 51.8 Å². The summed E-state index contributed by atoms with van der Waals surface area (Å²) in [7, 11) is 0. The van der Waals surface area contributed by atoms with E-state index in [-0.39, 0.29) is 5.57 Å². The number of ether oxygens (including phenoxy) is 1. The summed E-state index contributed by atoms with van der Waals surface area (Å²) in [6, 6.07) is 22.4. The number of amides is 1. The molecule has 6 heteroatoms. The Hall–Kier alpha value is -3.07. The summed E-state index contributed by atoms with van der Waals surface area (Å²) in [5, 5.41) is 12.9. The van der Waals surface area contributed by atoms with Gasteiger partial charge in [-0.05, 0) is 78.6 Å². The maximum absolute atomic E-state index is 12.7. The fraction of sp³-hybridized carbons (Fsp3) is 0.120. The van der Waals surface area contributed by atoms with Gasteiger partial charge in [0.25, 0.3) is 5.91 Å². The number of benzene rings is 3. The lowest BCUT2D eigenvalue weighted by atomic mass is 9.98. The van der Waals surface area contributed by atoms with Crippen LogP contribution in [0, 0.1) is 11.3 Å². The Morgan fingerprint density at radius 3 is 2.55 bits per heavy atom. The first-order valence-electron chi connectivity index (χ1n) is 9.68. The molecule has 1 N–H and O–H groups in total. The van der Waals surface area contributed by atoms with Crippen molar-refractivity contribution in [2.45, 2.75) is 13.3 Å². The summed E-state index contributed by atoms with van der Waals surface area (Å²) in [6.45, 7) is 2.47. The lowest BCUT2D eigenvalue weighted by Gasteiger charge is -2.10. The molecule has 0 aliphatic carbocycles. The molecule has 0 saturated carbocycles. The van der Waals surface area contributed by atoms with Crippen LogP contribution < -0.4 is 10.1 Å². The van der Waals surface area contributed by atoms with Crippen LogP contribution in [0.15, 0.2) is 76.8 Å². The maximum Gasteiger partial charge on any atom is 0.266 e. The van der Waals surface area contributed by atoms with Gasteiger partial charge in [0, 0.05) is 15.2 Å². The van der Waals surface area contributed by atoms with E-state index in [4.69, 9.17) is 16.3 Å². The van der Waals surface area contributed by atoms with E-state index >= 15 is 0 Å². The van der Waals surface area contributed by atoms with Gasteiger partial charge in [0.1, 0.15) is 17.4 Å². The molecular formula is C25H20BrClN2O2. The molecule has 156 valence electrons. The molecule has 0 bridgehead atoms. The number of hydrogen-bond donors (Lipinski definition) is 1. The Kier molecular flexibility index (Phi) is 7.88. The van der Waals surface area contributed by atoms with Gasteiger partial charge in [-0.2, -0.15) is 5.26 Å². The van der Waals surface area contributed by atoms with Crippen LogP contribution in [0.3, 0.4) is 0 Å². The highest BCUT2D eigenvalue weighted by atomic mass is 79.9. The third kappa shape index (κ3) is 6.21. The van der Waals surface area contributed by atoms with Gasteiger partial charge in [-0.15, -0.1) is 0 Å². The van der Waals surface area contributed by atoms with E-state index in [1.54, 1.807) is 42.5 Å². The average Bonchev–Trinajstić information content (AvgIpc) is 2.76.